The molecule has 1 atom stereocenters. The van der Waals surface area contributed by atoms with Crippen LogP contribution in [0.15, 0.2) is 4.34 Å². The van der Waals surface area contributed by atoms with Crippen molar-refractivity contribution in [2.24, 2.45) is 5.92 Å². The molecule has 2 N–H and O–H groups in total. The second-order valence-electron chi connectivity index (χ2n) is 3.67. The second kappa shape index (κ2) is 6.18. The van der Waals surface area contributed by atoms with Gasteiger partial charge in [-0.3, -0.25) is 4.79 Å². The highest BCUT2D eigenvalue weighted by atomic mass is 32.2. The summed E-state index contributed by atoms with van der Waals surface area (Å²) in [5, 5.41) is 20.3. The Balaban J connectivity index is 1.75. The summed E-state index contributed by atoms with van der Waals surface area (Å²) in [6.07, 6.45) is 1.08. The number of thioether (sulfide) groups is 1. The van der Waals surface area contributed by atoms with Gasteiger partial charge in [0.25, 0.3) is 0 Å². The number of anilines is 1. The molecule has 94 valence electrons. The topological polar surface area (TPSA) is 84.3 Å². The number of hydrogen-bond acceptors (Lipinski definition) is 7. The minimum atomic E-state index is -0.845. The van der Waals surface area contributed by atoms with Crippen LogP contribution in [0.5, 0.6) is 0 Å². The lowest BCUT2D eigenvalue weighted by Gasteiger charge is -2.06. The van der Waals surface area contributed by atoms with Gasteiger partial charge in [0, 0.05) is 19.1 Å². The molecule has 8 heteroatoms. The van der Waals surface area contributed by atoms with Gasteiger partial charge < -0.3 is 15.2 Å². The molecule has 0 aliphatic carbocycles. The van der Waals surface area contributed by atoms with Crippen molar-refractivity contribution >= 4 is 34.2 Å². The third kappa shape index (κ3) is 4.14. The summed E-state index contributed by atoms with van der Waals surface area (Å²) in [5.74, 6) is -0.290. The summed E-state index contributed by atoms with van der Waals surface area (Å²) in [5.41, 5.74) is 0. The number of carboxylic acids is 1. The van der Waals surface area contributed by atoms with Crippen molar-refractivity contribution in [1.29, 1.82) is 0 Å². The van der Waals surface area contributed by atoms with Crippen LogP contribution in [0.25, 0.3) is 0 Å². The SMILES string of the molecule is O=C(O)CSc1nnc(NCC2CCOC2)s1. The van der Waals surface area contributed by atoms with E-state index < -0.39 is 5.97 Å². The minimum Gasteiger partial charge on any atom is -0.481 e. The van der Waals surface area contributed by atoms with Crippen molar-refractivity contribution in [3.8, 4) is 0 Å². The predicted octanol–water partition coefficient (Wildman–Crippen LogP) is 1.16. The number of ether oxygens (including phenoxy) is 1. The smallest absolute Gasteiger partial charge is 0.313 e. The molecule has 6 nitrogen and oxygen atoms in total. The first-order valence-electron chi connectivity index (χ1n) is 5.24. The zero-order valence-electron chi connectivity index (χ0n) is 9.09. The molecule has 1 saturated heterocycles. The normalized spacial score (nSPS) is 19.4. The maximum absolute atomic E-state index is 10.4. The molecule has 0 spiro atoms. The Morgan fingerprint density at radius 1 is 1.65 bits per heavy atom. The largest absolute Gasteiger partial charge is 0.481 e. The van der Waals surface area contributed by atoms with E-state index in [0.717, 1.165) is 31.3 Å². The van der Waals surface area contributed by atoms with E-state index in [9.17, 15) is 4.79 Å². The molecule has 1 fully saturated rings. The third-order valence-electron chi connectivity index (χ3n) is 2.29. The molecular formula is C9H13N3O3S2. The van der Waals surface area contributed by atoms with Crippen molar-refractivity contribution in [3.63, 3.8) is 0 Å². The quantitative estimate of drug-likeness (QED) is 0.754. The monoisotopic (exact) mass is 275 g/mol. The molecular weight excluding hydrogens is 262 g/mol. The Morgan fingerprint density at radius 2 is 2.53 bits per heavy atom. The van der Waals surface area contributed by atoms with Gasteiger partial charge in [0.05, 0.1) is 12.4 Å². The van der Waals surface area contributed by atoms with Crippen LogP contribution in [0.4, 0.5) is 5.13 Å². The van der Waals surface area contributed by atoms with Crippen molar-refractivity contribution < 1.29 is 14.6 Å². The molecule has 17 heavy (non-hydrogen) atoms. The number of aliphatic carboxylic acids is 1. The van der Waals surface area contributed by atoms with Crippen molar-refractivity contribution in [3.05, 3.63) is 0 Å². The molecule has 0 amide bonds. The third-order valence-corrected chi connectivity index (χ3v) is 4.29. The van der Waals surface area contributed by atoms with Crippen LogP contribution >= 0.6 is 23.1 Å². The molecule has 0 bridgehead atoms. The van der Waals surface area contributed by atoms with E-state index >= 15 is 0 Å². The van der Waals surface area contributed by atoms with Crippen molar-refractivity contribution in [2.75, 3.05) is 30.8 Å². The standard InChI is InChI=1S/C9H13N3O3S2/c13-7(14)5-16-9-12-11-8(17-9)10-3-6-1-2-15-4-6/h6H,1-5H2,(H,10,11)(H,13,14). The lowest BCUT2D eigenvalue weighted by molar-refractivity contribution is -0.133. The fourth-order valence-electron chi connectivity index (χ4n) is 1.44. The lowest BCUT2D eigenvalue weighted by Crippen LogP contribution is -2.13. The molecule has 0 saturated carbocycles. The van der Waals surface area contributed by atoms with Crippen molar-refractivity contribution in [1.82, 2.24) is 10.2 Å². The van der Waals surface area contributed by atoms with E-state index in [-0.39, 0.29) is 5.75 Å². The van der Waals surface area contributed by atoms with Crippen LogP contribution in [0.2, 0.25) is 0 Å². The van der Waals surface area contributed by atoms with E-state index in [1.807, 2.05) is 0 Å². The highest BCUT2D eigenvalue weighted by Gasteiger charge is 2.16. The molecule has 2 rings (SSSR count). The summed E-state index contributed by atoms with van der Waals surface area (Å²) in [6.45, 7) is 2.47. The molecule has 0 aromatic carbocycles. The molecule has 1 aliphatic rings. The average Bonchev–Trinajstić information content (AvgIpc) is 2.95. The van der Waals surface area contributed by atoms with Gasteiger partial charge in [-0.05, 0) is 6.42 Å². The highest BCUT2D eigenvalue weighted by Crippen LogP contribution is 2.25. The van der Waals surface area contributed by atoms with Crippen LogP contribution in [0.3, 0.4) is 0 Å². The Hall–Kier alpha value is -0.860. The molecule has 1 unspecified atom stereocenters. The van der Waals surface area contributed by atoms with Gasteiger partial charge in [0.2, 0.25) is 5.13 Å². The average molecular weight is 275 g/mol. The summed E-state index contributed by atoms with van der Waals surface area (Å²) >= 11 is 2.57. The van der Waals surface area contributed by atoms with E-state index in [4.69, 9.17) is 9.84 Å². The number of nitrogens with one attached hydrogen (secondary N) is 1. The first-order valence-corrected chi connectivity index (χ1v) is 7.04. The van der Waals surface area contributed by atoms with Crippen molar-refractivity contribution in [2.45, 2.75) is 10.8 Å². The van der Waals surface area contributed by atoms with Gasteiger partial charge in [-0.2, -0.15) is 0 Å². The van der Waals surface area contributed by atoms with Crippen LogP contribution in [0, 0.1) is 5.92 Å². The van der Waals surface area contributed by atoms with Gasteiger partial charge in [0.1, 0.15) is 0 Å². The van der Waals surface area contributed by atoms with Gasteiger partial charge in [-0.1, -0.05) is 23.1 Å². The Bertz CT molecular complexity index is 379. The van der Waals surface area contributed by atoms with Crippen LogP contribution < -0.4 is 5.32 Å². The predicted molar refractivity (Wildman–Crippen MR) is 65.7 cm³/mol. The molecule has 1 aromatic rings. The summed E-state index contributed by atoms with van der Waals surface area (Å²) in [4.78, 5) is 10.4. The number of carbonyl (C=O) groups is 1. The molecule has 1 aliphatic heterocycles. The van der Waals surface area contributed by atoms with Crippen LogP contribution in [-0.2, 0) is 9.53 Å². The highest BCUT2D eigenvalue weighted by molar-refractivity contribution is 8.01. The number of aromatic nitrogens is 2. The van der Waals surface area contributed by atoms with Gasteiger partial charge in [-0.25, -0.2) is 0 Å². The first-order chi connectivity index (χ1) is 8.24. The van der Waals surface area contributed by atoms with E-state index in [1.54, 1.807) is 0 Å². The first kappa shape index (κ1) is 12.6. The number of nitrogens with zero attached hydrogens (tertiary/aromatic N) is 2. The second-order valence-corrected chi connectivity index (χ2v) is 5.87. The van der Waals surface area contributed by atoms with Crippen LogP contribution in [0.1, 0.15) is 6.42 Å². The molecule has 2 heterocycles. The Morgan fingerprint density at radius 3 is 3.24 bits per heavy atom. The summed E-state index contributed by atoms with van der Waals surface area (Å²) < 4.78 is 5.95. The fourth-order valence-corrected chi connectivity index (χ4v) is 2.92. The Kier molecular flexibility index (Phi) is 4.57. The number of hydrogen-bond donors (Lipinski definition) is 2. The Labute approximate surface area is 107 Å². The molecule has 1 aromatic heterocycles. The lowest BCUT2D eigenvalue weighted by atomic mass is 10.1. The van der Waals surface area contributed by atoms with E-state index in [1.165, 1.54) is 23.1 Å². The van der Waals surface area contributed by atoms with E-state index in [2.05, 4.69) is 15.5 Å². The number of carboxylic acid groups (broad SMARTS) is 1. The molecule has 0 radical (unpaired) electrons. The van der Waals surface area contributed by atoms with Gasteiger partial charge >= 0.3 is 5.97 Å². The summed E-state index contributed by atoms with van der Waals surface area (Å²) in [7, 11) is 0. The zero-order valence-corrected chi connectivity index (χ0v) is 10.7. The maximum atomic E-state index is 10.4. The van der Waals surface area contributed by atoms with Crippen LogP contribution in [-0.4, -0.2) is 46.8 Å². The van der Waals surface area contributed by atoms with E-state index in [0.29, 0.717) is 10.3 Å². The fraction of sp³-hybridized carbons (Fsp3) is 0.667. The van der Waals surface area contributed by atoms with Gasteiger partial charge in [-0.15, -0.1) is 10.2 Å². The summed E-state index contributed by atoms with van der Waals surface area (Å²) in [6, 6.07) is 0. The van der Waals surface area contributed by atoms with Gasteiger partial charge in [0.15, 0.2) is 4.34 Å². The number of rotatable bonds is 6. The maximum Gasteiger partial charge on any atom is 0.313 e. The minimum absolute atomic E-state index is 0.0189. The zero-order chi connectivity index (χ0) is 12.1.